The predicted octanol–water partition coefficient (Wildman–Crippen LogP) is 1.36. The molecule has 1 saturated heterocycles. The van der Waals surface area contributed by atoms with Crippen LogP contribution in [0.2, 0.25) is 0 Å². The van der Waals surface area contributed by atoms with Crippen molar-refractivity contribution in [3.63, 3.8) is 0 Å². The zero-order valence-electron chi connectivity index (χ0n) is 12.3. The highest BCUT2D eigenvalue weighted by atomic mass is 16.2. The third-order valence-electron chi connectivity index (χ3n) is 3.47. The van der Waals surface area contributed by atoms with Gasteiger partial charge in [-0.3, -0.25) is 4.79 Å². The van der Waals surface area contributed by atoms with Crippen LogP contribution in [0.3, 0.4) is 0 Å². The number of carbonyl (C=O) groups is 1. The van der Waals surface area contributed by atoms with Crippen molar-refractivity contribution in [2.45, 2.75) is 26.7 Å². The molecule has 1 fully saturated rings. The summed E-state index contributed by atoms with van der Waals surface area (Å²) >= 11 is 0. The van der Waals surface area contributed by atoms with Crippen molar-refractivity contribution in [1.82, 2.24) is 14.9 Å². The molecule has 0 atom stereocenters. The highest BCUT2D eigenvalue weighted by molar-refractivity contribution is 5.73. The SMILES string of the molecule is CCCNc1cc(N2CCCN(C(C)=O)CC2)ncn1. The lowest BCUT2D eigenvalue weighted by Crippen LogP contribution is -2.33. The van der Waals surface area contributed by atoms with Crippen LogP contribution in [0.15, 0.2) is 12.4 Å². The van der Waals surface area contributed by atoms with Crippen molar-refractivity contribution in [2.75, 3.05) is 42.9 Å². The average molecular weight is 277 g/mol. The van der Waals surface area contributed by atoms with E-state index in [0.717, 1.165) is 57.2 Å². The summed E-state index contributed by atoms with van der Waals surface area (Å²) < 4.78 is 0. The van der Waals surface area contributed by atoms with E-state index in [1.165, 1.54) is 0 Å². The van der Waals surface area contributed by atoms with E-state index < -0.39 is 0 Å². The number of nitrogens with one attached hydrogen (secondary N) is 1. The quantitative estimate of drug-likeness (QED) is 0.900. The molecule has 0 bridgehead atoms. The van der Waals surface area contributed by atoms with Crippen LogP contribution in [-0.2, 0) is 4.79 Å². The number of hydrogen-bond donors (Lipinski definition) is 1. The third kappa shape index (κ3) is 3.82. The Bertz CT molecular complexity index is 451. The van der Waals surface area contributed by atoms with Gasteiger partial charge in [-0.1, -0.05) is 6.92 Å². The number of anilines is 2. The molecule has 0 spiro atoms. The number of rotatable bonds is 4. The molecule has 2 heterocycles. The van der Waals surface area contributed by atoms with Crippen molar-refractivity contribution in [1.29, 1.82) is 0 Å². The minimum Gasteiger partial charge on any atom is -0.370 e. The molecule has 6 heteroatoms. The fourth-order valence-corrected chi connectivity index (χ4v) is 2.33. The minimum absolute atomic E-state index is 0.153. The van der Waals surface area contributed by atoms with Gasteiger partial charge >= 0.3 is 0 Å². The number of nitrogens with zero attached hydrogens (tertiary/aromatic N) is 4. The van der Waals surface area contributed by atoms with Crippen molar-refractivity contribution in [3.05, 3.63) is 12.4 Å². The second-order valence-electron chi connectivity index (χ2n) is 5.03. The maximum atomic E-state index is 11.4. The Morgan fingerprint density at radius 2 is 2.15 bits per heavy atom. The molecule has 110 valence electrons. The Kier molecular flexibility index (Phi) is 5.15. The highest BCUT2D eigenvalue weighted by Crippen LogP contribution is 2.16. The topological polar surface area (TPSA) is 61.4 Å². The number of carbonyl (C=O) groups excluding carboxylic acids is 1. The monoisotopic (exact) mass is 277 g/mol. The zero-order valence-corrected chi connectivity index (χ0v) is 12.3. The first-order valence-corrected chi connectivity index (χ1v) is 7.27. The van der Waals surface area contributed by atoms with Crippen LogP contribution in [0.1, 0.15) is 26.7 Å². The minimum atomic E-state index is 0.153. The Balaban J connectivity index is 2.02. The summed E-state index contributed by atoms with van der Waals surface area (Å²) in [5, 5.41) is 3.27. The lowest BCUT2D eigenvalue weighted by atomic mass is 10.3. The van der Waals surface area contributed by atoms with Crippen molar-refractivity contribution >= 4 is 17.5 Å². The molecular weight excluding hydrogens is 254 g/mol. The average Bonchev–Trinajstić information content (AvgIpc) is 2.71. The molecule has 0 aromatic carbocycles. The van der Waals surface area contributed by atoms with E-state index >= 15 is 0 Å². The molecular formula is C14H23N5O. The number of hydrogen-bond acceptors (Lipinski definition) is 5. The fraction of sp³-hybridized carbons (Fsp3) is 0.643. The van der Waals surface area contributed by atoms with E-state index in [1.807, 2.05) is 11.0 Å². The van der Waals surface area contributed by atoms with Crippen LogP contribution in [0.4, 0.5) is 11.6 Å². The first-order valence-electron chi connectivity index (χ1n) is 7.27. The Morgan fingerprint density at radius 3 is 2.90 bits per heavy atom. The first kappa shape index (κ1) is 14.6. The third-order valence-corrected chi connectivity index (χ3v) is 3.47. The van der Waals surface area contributed by atoms with Gasteiger partial charge < -0.3 is 15.1 Å². The van der Waals surface area contributed by atoms with E-state index in [1.54, 1.807) is 13.3 Å². The molecule has 2 rings (SSSR count). The maximum absolute atomic E-state index is 11.4. The van der Waals surface area contributed by atoms with Crippen molar-refractivity contribution < 1.29 is 4.79 Å². The van der Waals surface area contributed by atoms with Gasteiger partial charge in [0.1, 0.15) is 18.0 Å². The molecule has 0 aliphatic carbocycles. The lowest BCUT2D eigenvalue weighted by Gasteiger charge is -2.22. The van der Waals surface area contributed by atoms with Crippen LogP contribution in [0.25, 0.3) is 0 Å². The van der Waals surface area contributed by atoms with E-state index in [9.17, 15) is 4.79 Å². The smallest absolute Gasteiger partial charge is 0.219 e. The van der Waals surface area contributed by atoms with Gasteiger partial charge in [-0.15, -0.1) is 0 Å². The van der Waals surface area contributed by atoms with Gasteiger partial charge in [0.05, 0.1) is 0 Å². The van der Waals surface area contributed by atoms with Gasteiger partial charge in [0.25, 0.3) is 0 Å². The Morgan fingerprint density at radius 1 is 1.30 bits per heavy atom. The Labute approximate surface area is 120 Å². The fourth-order valence-electron chi connectivity index (χ4n) is 2.33. The predicted molar refractivity (Wildman–Crippen MR) is 79.9 cm³/mol. The number of amides is 1. The van der Waals surface area contributed by atoms with Gasteiger partial charge in [-0.05, 0) is 12.8 Å². The molecule has 0 unspecified atom stereocenters. The van der Waals surface area contributed by atoms with Crippen LogP contribution in [0.5, 0.6) is 0 Å². The molecule has 1 aromatic heterocycles. The van der Waals surface area contributed by atoms with Crippen molar-refractivity contribution in [3.8, 4) is 0 Å². The van der Waals surface area contributed by atoms with Crippen LogP contribution in [0, 0.1) is 0 Å². The van der Waals surface area contributed by atoms with Crippen molar-refractivity contribution in [2.24, 2.45) is 0 Å². The van der Waals surface area contributed by atoms with Crippen LogP contribution >= 0.6 is 0 Å². The molecule has 20 heavy (non-hydrogen) atoms. The normalized spacial score (nSPS) is 15.9. The summed E-state index contributed by atoms with van der Waals surface area (Å²) in [6.07, 6.45) is 3.64. The van der Waals surface area contributed by atoms with Gasteiger partial charge in [0.15, 0.2) is 0 Å². The molecule has 0 saturated carbocycles. The van der Waals surface area contributed by atoms with Gasteiger partial charge in [-0.25, -0.2) is 9.97 Å². The largest absolute Gasteiger partial charge is 0.370 e. The van der Waals surface area contributed by atoms with Gasteiger partial charge in [0.2, 0.25) is 5.91 Å². The summed E-state index contributed by atoms with van der Waals surface area (Å²) in [6, 6.07) is 1.99. The molecule has 1 aliphatic rings. The summed E-state index contributed by atoms with van der Waals surface area (Å²) in [7, 11) is 0. The Hall–Kier alpha value is -1.85. The second-order valence-corrected chi connectivity index (χ2v) is 5.03. The molecule has 1 aromatic rings. The van der Waals surface area contributed by atoms with E-state index in [0.29, 0.717) is 0 Å². The van der Waals surface area contributed by atoms with Crippen LogP contribution in [-0.4, -0.2) is 53.5 Å². The van der Waals surface area contributed by atoms with E-state index in [4.69, 9.17) is 0 Å². The van der Waals surface area contributed by atoms with E-state index in [-0.39, 0.29) is 5.91 Å². The summed E-state index contributed by atoms with van der Waals surface area (Å²) in [6.45, 7) is 8.01. The van der Waals surface area contributed by atoms with Gasteiger partial charge in [0, 0.05) is 45.7 Å². The second kappa shape index (κ2) is 7.07. The van der Waals surface area contributed by atoms with E-state index in [2.05, 4.69) is 27.1 Å². The molecule has 1 amide bonds. The molecule has 6 nitrogen and oxygen atoms in total. The highest BCUT2D eigenvalue weighted by Gasteiger charge is 2.17. The summed E-state index contributed by atoms with van der Waals surface area (Å²) in [5.41, 5.74) is 0. The summed E-state index contributed by atoms with van der Waals surface area (Å²) in [5.74, 6) is 1.95. The van der Waals surface area contributed by atoms with Crippen LogP contribution < -0.4 is 10.2 Å². The maximum Gasteiger partial charge on any atom is 0.219 e. The van der Waals surface area contributed by atoms with Gasteiger partial charge in [-0.2, -0.15) is 0 Å². The number of aromatic nitrogens is 2. The molecule has 1 aliphatic heterocycles. The molecule has 1 N–H and O–H groups in total. The first-order chi connectivity index (χ1) is 9.70. The molecule has 0 radical (unpaired) electrons. The standard InChI is InChI=1S/C14H23N5O/c1-3-5-15-13-10-14(17-11-16-13)19-7-4-6-18(8-9-19)12(2)20/h10-11H,3-9H2,1-2H3,(H,15,16,17). The summed E-state index contributed by atoms with van der Waals surface area (Å²) in [4.78, 5) is 24.1. The zero-order chi connectivity index (χ0) is 14.4. The lowest BCUT2D eigenvalue weighted by molar-refractivity contribution is -0.128.